The number of benzene rings is 2. The number of amides is 1. The van der Waals surface area contributed by atoms with Gasteiger partial charge >= 0.3 is 0 Å². The number of hydrogen-bond acceptors (Lipinski definition) is 3. The van der Waals surface area contributed by atoms with Gasteiger partial charge in [0.25, 0.3) is 5.91 Å². The first-order valence-electron chi connectivity index (χ1n) is 8.86. The van der Waals surface area contributed by atoms with E-state index in [9.17, 15) is 4.79 Å². The zero-order valence-corrected chi connectivity index (χ0v) is 17.6. The molecule has 0 radical (unpaired) electrons. The molecule has 4 nitrogen and oxygen atoms in total. The molecule has 1 amide bonds. The Morgan fingerprint density at radius 2 is 1.96 bits per heavy atom. The van der Waals surface area contributed by atoms with E-state index in [0.29, 0.717) is 22.4 Å². The SMILES string of the molecule is CCc1cccc(C)c1N(C(=O)COc1ccc(Cl)cc1Cl)C(C)COC. The number of aryl methyl sites for hydroxylation is 2. The molecule has 2 aromatic carbocycles. The predicted molar refractivity (Wildman–Crippen MR) is 111 cm³/mol. The number of ether oxygens (including phenoxy) is 2. The summed E-state index contributed by atoms with van der Waals surface area (Å²) < 4.78 is 11.0. The summed E-state index contributed by atoms with van der Waals surface area (Å²) in [5.74, 6) is 0.267. The Balaban J connectivity index is 2.30. The van der Waals surface area contributed by atoms with Crippen molar-refractivity contribution >= 4 is 34.8 Å². The summed E-state index contributed by atoms with van der Waals surface area (Å²) in [4.78, 5) is 14.9. The Labute approximate surface area is 171 Å². The Morgan fingerprint density at radius 1 is 1.22 bits per heavy atom. The summed E-state index contributed by atoms with van der Waals surface area (Å²) in [6, 6.07) is 10.8. The average molecular weight is 410 g/mol. The molecule has 0 aliphatic carbocycles. The predicted octanol–water partition coefficient (Wildman–Crippen LogP) is 5.31. The van der Waals surface area contributed by atoms with Gasteiger partial charge in [-0.2, -0.15) is 0 Å². The van der Waals surface area contributed by atoms with E-state index in [1.807, 2.05) is 32.0 Å². The molecule has 27 heavy (non-hydrogen) atoms. The number of carbonyl (C=O) groups is 1. The van der Waals surface area contributed by atoms with E-state index in [0.717, 1.165) is 23.2 Å². The Morgan fingerprint density at radius 3 is 2.59 bits per heavy atom. The monoisotopic (exact) mass is 409 g/mol. The van der Waals surface area contributed by atoms with Crippen molar-refractivity contribution in [3.8, 4) is 5.75 Å². The van der Waals surface area contributed by atoms with Gasteiger partial charge in [-0.1, -0.05) is 48.3 Å². The van der Waals surface area contributed by atoms with E-state index in [1.54, 1.807) is 30.2 Å². The zero-order chi connectivity index (χ0) is 20.0. The minimum atomic E-state index is -0.158. The van der Waals surface area contributed by atoms with Gasteiger partial charge in [-0.05, 0) is 49.6 Å². The second-order valence-electron chi connectivity index (χ2n) is 6.37. The highest BCUT2D eigenvalue weighted by molar-refractivity contribution is 6.35. The molecule has 0 aromatic heterocycles. The van der Waals surface area contributed by atoms with E-state index < -0.39 is 0 Å². The van der Waals surface area contributed by atoms with Gasteiger partial charge in [-0.3, -0.25) is 4.79 Å². The van der Waals surface area contributed by atoms with E-state index in [2.05, 4.69) is 6.92 Å². The molecule has 1 atom stereocenters. The number of methoxy groups -OCH3 is 1. The van der Waals surface area contributed by atoms with Gasteiger partial charge < -0.3 is 14.4 Å². The lowest BCUT2D eigenvalue weighted by atomic mass is 10.0. The van der Waals surface area contributed by atoms with Gasteiger partial charge in [-0.25, -0.2) is 0 Å². The Hall–Kier alpha value is -1.75. The van der Waals surface area contributed by atoms with E-state index in [-0.39, 0.29) is 18.6 Å². The Bertz CT molecular complexity index is 795. The van der Waals surface area contributed by atoms with Crippen molar-refractivity contribution in [1.82, 2.24) is 0 Å². The fourth-order valence-electron chi connectivity index (χ4n) is 3.06. The standard InChI is InChI=1S/C21H25Cl2NO3/c1-5-16-8-6-7-14(2)21(16)24(15(3)12-26-4)20(25)13-27-19-10-9-17(22)11-18(19)23/h6-11,15H,5,12-13H2,1-4H3. The lowest BCUT2D eigenvalue weighted by Gasteiger charge is -2.32. The zero-order valence-electron chi connectivity index (χ0n) is 16.1. The molecule has 0 bridgehead atoms. The highest BCUT2D eigenvalue weighted by Gasteiger charge is 2.26. The highest BCUT2D eigenvalue weighted by Crippen LogP contribution is 2.30. The minimum absolute atomic E-state index is 0.132. The molecule has 1 unspecified atom stereocenters. The second kappa shape index (κ2) is 9.98. The number of anilines is 1. The highest BCUT2D eigenvalue weighted by atomic mass is 35.5. The first-order valence-corrected chi connectivity index (χ1v) is 9.62. The van der Waals surface area contributed by atoms with E-state index >= 15 is 0 Å². The number of carbonyl (C=O) groups excluding carboxylic acids is 1. The first-order chi connectivity index (χ1) is 12.9. The van der Waals surface area contributed by atoms with Crippen molar-refractivity contribution in [3.63, 3.8) is 0 Å². The fraction of sp³-hybridized carbons (Fsp3) is 0.381. The maximum atomic E-state index is 13.1. The summed E-state index contributed by atoms with van der Waals surface area (Å²) in [6.45, 7) is 6.33. The molecule has 146 valence electrons. The number of halogens is 2. The third-order valence-corrected chi connectivity index (χ3v) is 4.84. The van der Waals surface area contributed by atoms with Crippen LogP contribution in [-0.4, -0.2) is 32.3 Å². The molecular formula is C21H25Cl2NO3. The van der Waals surface area contributed by atoms with Crippen molar-refractivity contribution < 1.29 is 14.3 Å². The van der Waals surface area contributed by atoms with Crippen LogP contribution >= 0.6 is 23.2 Å². The first kappa shape index (κ1) is 21.5. The van der Waals surface area contributed by atoms with Crippen molar-refractivity contribution in [2.24, 2.45) is 0 Å². The van der Waals surface area contributed by atoms with Crippen LogP contribution in [-0.2, 0) is 16.0 Å². The van der Waals surface area contributed by atoms with Gasteiger partial charge in [0.05, 0.1) is 23.4 Å². The fourth-order valence-corrected chi connectivity index (χ4v) is 3.52. The lowest BCUT2D eigenvalue weighted by molar-refractivity contribution is -0.121. The summed E-state index contributed by atoms with van der Waals surface area (Å²) in [5.41, 5.74) is 3.06. The topological polar surface area (TPSA) is 38.8 Å². The molecule has 0 fully saturated rings. The minimum Gasteiger partial charge on any atom is -0.482 e. The number of rotatable bonds is 8. The smallest absolute Gasteiger partial charge is 0.265 e. The average Bonchev–Trinajstić information content (AvgIpc) is 2.62. The maximum Gasteiger partial charge on any atom is 0.265 e. The number of para-hydroxylation sites is 1. The van der Waals surface area contributed by atoms with Crippen molar-refractivity contribution in [1.29, 1.82) is 0 Å². The van der Waals surface area contributed by atoms with Crippen molar-refractivity contribution in [2.75, 3.05) is 25.2 Å². The van der Waals surface area contributed by atoms with Crippen LogP contribution in [0, 0.1) is 6.92 Å². The van der Waals surface area contributed by atoms with Crippen molar-refractivity contribution in [3.05, 3.63) is 57.6 Å². The van der Waals surface area contributed by atoms with E-state index in [1.165, 1.54) is 0 Å². The van der Waals surface area contributed by atoms with Gasteiger partial charge in [0.2, 0.25) is 0 Å². The van der Waals surface area contributed by atoms with Crippen LogP contribution in [0.2, 0.25) is 10.0 Å². The molecule has 0 aliphatic heterocycles. The molecule has 0 aliphatic rings. The summed E-state index contributed by atoms with van der Waals surface area (Å²) >= 11 is 12.0. The largest absolute Gasteiger partial charge is 0.482 e. The van der Waals surface area contributed by atoms with Crippen LogP contribution in [0.3, 0.4) is 0 Å². The molecule has 0 saturated heterocycles. The second-order valence-corrected chi connectivity index (χ2v) is 7.21. The summed E-state index contributed by atoms with van der Waals surface area (Å²) in [7, 11) is 1.63. The molecule has 0 N–H and O–H groups in total. The molecule has 2 rings (SSSR count). The van der Waals surface area contributed by atoms with Crippen LogP contribution < -0.4 is 9.64 Å². The molecule has 2 aromatic rings. The normalized spacial score (nSPS) is 11.9. The van der Waals surface area contributed by atoms with Crippen LogP contribution in [0.25, 0.3) is 0 Å². The molecule has 0 spiro atoms. The molecule has 0 saturated carbocycles. The van der Waals surface area contributed by atoms with Crippen LogP contribution in [0.4, 0.5) is 5.69 Å². The lowest BCUT2D eigenvalue weighted by Crippen LogP contribution is -2.44. The van der Waals surface area contributed by atoms with Crippen LogP contribution in [0.15, 0.2) is 36.4 Å². The van der Waals surface area contributed by atoms with Crippen LogP contribution in [0.1, 0.15) is 25.0 Å². The molecule has 6 heteroatoms. The van der Waals surface area contributed by atoms with Gasteiger partial charge in [0.15, 0.2) is 6.61 Å². The summed E-state index contributed by atoms with van der Waals surface area (Å²) in [6.07, 6.45) is 0.824. The van der Waals surface area contributed by atoms with Crippen molar-refractivity contribution in [2.45, 2.75) is 33.2 Å². The quantitative estimate of drug-likeness (QED) is 0.592. The maximum absolute atomic E-state index is 13.1. The summed E-state index contributed by atoms with van der Waals surface area (Å²) in [5, 5.41) is 0.887. The Kier molecular flexibility index (Phi) is 7.96. The van der Waals surface area contributed by atoms with Gasteiger partial charge in [0, 0.05) is 12.1 Å². The van der Waals surface area contributed by atoms with E-state index in [4.69, 9.17) is 32.7 Å². The van der Waals surface area contributed by atoms with Crippen LogP contribution in [0.5, 0.6) is 5.75 Å². The molecular weight excluding hydrogens is 385 g/mol. The molecule has 0 heterocycles. The third-order valence-electron chi connectivity index (χ3n) is 4.31. The number of hydrogen-bond donors (Lipinski definition) is 0. The van der Waals surface area contributed by atoms with Gasteiger partial charge in [-0.15, -0.1) is 0 Å². The third kappa shape index (κ3) is 5.38. The van der Waals surface area contributed by atoms with Gasteiger partial charge in [0.1, 0.15) is 5.75 Å². The number of nitrogens with zero attached hydrogens (tertiary/aromatic N) is 1.